The van der Waals surface area contributed by atoms with Crippen LogP contribution in [0.3, 0.4) is 0 Å². The molecule has 4 aromatic carbocycles. The molecule has 0 fully saturated rings. The lowest BCUT2D eigenvalue weighted by atomic mass is 10.0. The molecule has 0 amide bonds. The molecule has 0 spiro atoms. The first-order chi connectivity index (χ1) is 17.1. The Kier molecular flexibility index (Phi) is 6.22. The van der Waals surface area contributed by atoms with Crippen LogP contribution in [0.25, 0.3) is 22.3 Å². The highest BCUT2D eigenvalue weighted by atomic mass is 19.1. The van der Waals surface area contributed by atoms with Gasteiger partial charge in [-0.15, -0.1) is 0 Å². The zero-order valence-corrected chi connectivity index (χ0v) is 19.6. The Hall–Kier alpha value is -4.51. The Labute approximate surface area is 204 Å². The van der Waals surface area contributed by atoms with Crippen molar-refractivity contribution in [3.8, 4) is 22.3 Å². The van der Waals surface area contributed by atoms with Crippen molar-refractivity contribution in [3.05, 3.63) is 120 Å². The molecule has 0 radical (unpaired) electrons. The molecule has 0 atom stereocenters. The molecular formula is C30H25FN4. The van der Waals surface area contributed by atoms with E-state index in [0.717, 1.165) is 44.8 Å². The van der Waals surface area contributed by atoms with E-state index in [1.807, 2.05) is 80.6 Å². The summed E-state index contributed by atoms with van der Waals surface area (Å²) >= 11 is 0. The van der Waals surface area contributed by atoms with Crippen LogP contribution < -0.4 is 10.6 Å². The maximum absolute atomic E-state index is 14.7. The standard InChI is InChI=1S/C30H25FN4/c1-20-13-15-24(22-9-5-3-6-10-22)17-27(20)33-29-26(31)19-32-30(35-29)34-28-18-25(16-14-21(28)2)23-11-7-4-8-12-23/h3-19H,1-2H3,(H2,32,33,34,35). The van der Waals surface area contributed by atoms with Crippen molar-refractivity contribution in [2.45, 2.75) is 13.8 Å². The van der Waals surface area contributed by atoms with E-state index in [2.05, 4.69) is 50.9 Å². The molecular weight excluding hydrogens is 435 g/mol. The van der Waals surface area contributed by atoms with E-state index in [0.29, 0.717) is 5.95 Å². The van der Waals surface area contributed by atoms with Gasteiger partial charge in [0.1, 0.15) is 0 Å². The lowest BCUT2D eigenvalue weighted by molar-refractivity contribution is 0.619. The molecule has 0 unspecified atom stereocenters. The highest BCUT2D eigenvalue weighted by molar-refractivity contribution is 5.74. The number of aromatic nitrogens is 2. The zero-order valence-electron chi connectivity index (χ0n) is 19.6. The number of nitrogens with zero attached hydrogens (tertiary/aromatic N) is 2. The summed E-state index contributed by atoms with van der Waals surface area (Å²) in [7, 11) is 0. The van der Waals surface area contributed by atoms with Crippen LogP contribution in [0.1, 0.15) is 11.1 Å². The van der Waals surface area contributed by atoms with Crippen molar-refractivity contribution in [2.75, 3.05) is 10.6 Å². The molecule has 4 nitrogen and oxygen atoms in total. The van der Waals surface area contributed by atoms with E-state index in [1.165, 1.54) is 6.20 Å². The fourth-order valence-electron chi connectivity index (χ4n) is 3.90. The monoisotopic (exact) mass is 460 g/mol. The van der Waals surface area contributed by atoms with Gasteiger partial charge in [0.15, 0.2) is 11.6 Å². The average molecular weight is 461 g/mol. The van der Waals surface area contributed by atoms with Gasteiger partial charge in [-0.05, 0) is 59.4 Å². The number of anilines is 4. The number of rotatable bonds is 6. The van der Waals surface area contributed by atoms with E-state index in [9.17, 15) is 4.39 Å². The lowest BCUT2D eigenvalue weighted by Gasteiger charge is -2.14. The SMILES string of the molecule is Cc1ccc(-c2ccccc2)cc1Nc1ncc(F)c(Nc2cc(-c3ccccc3)ccc2C)n1. The van der Waals surface area contributed by atoms with Gasteiger partial charge in [0.05, 0.1) is 6.20 Å². The molecule has 1 heterocycles. The first-order valence-corrected chi connectivity index (χ1v) is 11.5. The molecule has 5 heteroatoms. The topological polar surface area (TPSA) is 49.8 Å². The number of hydrogen-bond acceptors (Lipinski definition) is 4. The summed E-state index contributed by atoms with van der Waals surface area (Å²) in [4.78, 5) is 8.61. The molecule has 0 aliphatic carbocycles. The van der Waals surface area contributed by atoms with Crippen LogP contribution >= 0.6 is 0 Å². The Bertz CT molecular complexity index is 1470. The second kappa shape index (κ2) is 9.77. The third-order valence-electron chi connectivity index (χ3n) is 5.93. The fourth-order valence-corrected chi connectivity index (χ4v) is 3.90. The van der Waals surface area contributed by atoms with Crippen LogP contribution in [0.4, 0.5) is 27.5 Å². The van der Waals surface area contributed by atoms with Crippen molar-refractivity contribution in [1.29, 1.82) is 0 Å². The van der Waals surface area contributed by atoms with Gasteiger partial charge < -0.3 is 10.6 Å². The molecule has 0 saturated heterocycles. The Morgan fingerprint density at radius 3 is 1.66 bits per heavy atom. The molecule has 5 aromatic rings. The molecule has 2 N–H and O–H groups in total. The van der Waals surface area contributed by atoms with Crippen LogP contribution in [0.2, 0.25) is 0 Å². The van der Waals surface area contributed by atoms with Crippen molar-refractivity contribution in [2.24, 2.45) is 0 Å². The molecule has 0 aliphatic rings. The smallest absolute Gasteiger partial charge is 0.229 e. The maximum Gasteiger partial charge on any atom is 0.229 e. The van der Waals surface area contributed by atoms with Crippen LogP contribution in [0, 0.1) is 19.7 Å². The third kappa shape index (κ3) is 5.04. The van der Waals surface area contributed by atoms with E-state index in [4.69, 9.17) is 0 Å². The number of benzene rings is 4. The van der Waals surface area contributed by atoms with Gasteiger partial charge in [0, 0.05) is 11.4 Å². The minimum absolute atomic E-state index is 0.118. The fraction of sp³-hybridized carbons (Fsp3) is 0.0667. The number of aryl methyl sites for hydroxylation is 2. The van der Waals surface area contributed by atoms with E-state index >= 15 is 0 Å². The second-order valence-corrected chi connectivity index (χ2v) is 8.43. The molecule has 1 aromatic heterocycles. The number of nitrogens with one attached hydrogen (secondary N) is 2. The van der Waals surface area contributed by atoms with E-state index in [1.54, 1.807) is 0 Å². The van der Waals surface area contributed by atoms with Gasteiger partial charge in [-0.3, -0.25) is 0 Å². The summed E-state index contributed by atoms with van der Waals surface area (Å²) in [5, 5.41) is 6.42. The first kappa shape index (κ1) is 22.3. The van der Waals surface area contributed by atoms with Crippen molar-refractivity contribution in [1.82, 2.24) is 9.97 Å². The molecule has 5 rings (SSSR count). The van der Waals surface area contributed by atoms with E-state index in [-0.39, 0.29) is 5.82 Å². The van der Waals surface area contributed by atoms with Gasteiger partial charge >= 0.3 is 0 Å². The molecule has 35 heavy (non-hydrogen) atoms. The summed E-state index contributed by atoms with van der Waals surface area (Å²) in [6.07, 6.45) is 1.18. The molecule has 0 saturated carbocycles. The van der Waals surface area contributed by atoms with Gasteiger partial charge in [-0.25, -0.2) is 9.37 Å². The minimum Gasteiger partial charge on any atom is -0.337 e. The summed E-state index contributed by atoms with van der Waals surface area (Å²) in [6, 6.07) is 32.5. The largest absolute Gasteiger partial charge is 0.337 e. The van der Waals surface area contributed by atoms with E-state index < -0.39 is 5.82 Å². The Balaban J connectivity index is 1.43. The Morgan fingerprint density at radius 2 is 1.11 bits per heavy atom. The highest BCUT2D eigenvalue weighted by Gasteiger charge is 2.11. The van der Waals surface area contributed by atoms with Crippen LogP contribution in [0.15, 0.2) is 103 Å². The predicted octanol–water partition coefficient (Wildman–Crippen LogP) is 8.05. The average Bonchev–Trinajstić information content (AvgIpc) is 2.89. The third-order valence-corrected chi connectivity index (χ3v) is 5.93. The molecule has 172 valence electrons. The van der Waals surface area contributed by atoms with Gasteiger partial charge in [-0.2, -0.15) is 4.98 Å². The van der Waals surface area contributed by atoms with Crippen molar-refractivity contribution in [3.63, 3.8) is 0 Å². The normalized spacial score (nSPS) is 10.7. The molecule has 0 aliphatic heterocycles. The Morgan fingerprint density at radius 1 is 0.600 bits per heavy atom. The summed E-state index contributed by atoms with van der Waals surface area (Å²) in [6.45, 7) is 3.99. The second-order valence-electron chi connectivity index (χ2n) is 8.43. The van der Waals surface area contributed by atoms with Gasteiger partial charge in [-0.1, -0.05) is 84.9 Å². The summed E-state index contributed by atoms with van der Waals surface area (Å²) in [5.41, 5.74) is 8.01. The van der Waals surface area contributed by atoms with Gasteiger partial charge in [0.2, 0.25) is 5.95 Å². The number of halogens is 1. The predicted molar refractivity (Wildman–Crippen MR) is 142 cm³/mol. The van der Waals surface area contributed by atoms with Crippen LogP contribution in [0.5, 0.6) is 0 Å². The van der Waals surface area contributed by atoms with Crippen LogP contribution in [-0.2, 0) is 0 Å². The zero-order chi connectivity index (χ0) is 24.2. The van der Waals surface area contributed by atoms with Gasteiger partial charge in [0.25, 0.3) is 0 Å². The maximum atomic E-state index is 14.7. The number of hydrogen-bond donors (Lipinski definition) is 2. The van der Waals surface area contributed by atoms with Crippen molar-refractivity contribution >= 4 is 23.1 Å². The lowest BCUT2D eigenvalue weighted by Crippen LogP contribution is -2.05. The summed E-state index contributed by atoms with van der Waals surface area (Å²) < 4.78 is 14.7. The quantitative estimate of drug-likeness (QED) is 0.269. The first-order valence-electron chi connectivity index (χ1n) is 11.5. The summed E-state index contributed by atoms with van der Waals surface area (Å²) in [5.74, 6) is -0.0819. The van der Waals surface area contributed by atoms with Crippen LogP contribution in [-0.4, -0.2) is 9.97 Å². The minimum atomic E-state index is -0.519. The highest BCUT2D eigenvalue weighted by Crippen LogP contribution is 2.30. The van der Waals surface area contributed by atoms with Crippen molar-refractivity contribution < 1.29 is 4.39 Å². The molecule has 0 bridgehead atoms.